The molecule has 0 saturated carbocycles. The van der Waals surface area contributed by atoms with E-state index in [2.05, 4.69) is 52.8 Å². The van der Waals surface area contributed by atoms with E-state index in [0.29, 0.717) is 14.3 Å². The number of unbranched alkanes of at least 4 members (excludes halogenated alkanes) is 1. The molecule has 2 unspecified atom stereocenters. The summed E-state index contributed by atoms with van der Waals surface area (Å²) in [4.78, 5) is 12.2. The van der Waals surface area contributed by atoms with Crippen molar-refractivity contribution >= 4 is 19.7 Å². The van der Waals surface area contributed by atoms with Gasteiger partial charge in [-0.15, -0.1) is 0 Å². The molecule has 2 aromatic rings. The number of Topliss-reactive ketones (excluding diaryl/α,β-unsaturated/α-hetero) is 1. The van der Waals surface area contributed by atoms with Crippen LogP contribution in [0.5, 0.6) is 5.75 Å². The minimum Gasteiger partial charge on any atom is -0.507 e. The maximum atomic E-state index is 12.2. The molecule has 28 heavy (non-hydrogen) atoms. The van der Waals surface area contributed by atoms with Crippen LogP contribution in [0.3, 0.4) is 0 Å². The predicted molar refractivity (Wildman–Crippen MR) is 123 cm³/mol. The fraction of sp³-hybridized carbons (Fsp3) is 0.480. The number of hydrogen-bond acceptors (Lipinski definition) is 2. The summed E-state index contributed by atoms with van der Waals surface area (Å²) in [6.07, 6.45) is 3.17. The van der Waals surface area contributed by atoms with E-state index in [4.69, 9.17) is 0 Å². The topological polar surface area (TPSA) is 37.3 Å². The Morgan fingerprint density at radius 2 is 1.75 bits per heavy atom. The van der Waals surface area contributed by atoms with E-state index < -0.39 is 0 Å². The molecule has 0 aliphatic carbocycles. The van der Waals surface area contributed by atoms with Gasteiger partial charge in [-0.3, -0.25) is 4.79 Å². The van der Waals surface area contributed by atoms with E-state index in [-0.39, 0.29) is 16.4 Å². The Hall–Kier alpha value is -1.66. The third-order valence-corrected chi connectivity index (χ3v) is 7.28. The zero-order valence-electron chi connectivity index (χ0n) is 18.4. The molecular weight excluding hydrogens is 363 g/mol. The van der Waals surface area contributed by atoms with Crippen LogP contribution in [0.2, 0.25) is 0 Å². The summed E-state index contributed by atoms with van der Waals surface area (Å²) < 4.78 is 0. The zero-order valence-corrected chi connectivity index (χ0v) is 19.4. The van der Waals surface area contributed by atoms with Crippen molar-refractivity contribution in [2.45, 2.75) is 78.3 Å². The quantitative estimate of drug-likeness (QED) is 0.421. The minimum absolute atomic E-state index is 0.0132. The second-order valence-electron chi connectivity index (χ2n) is 9.10. The molecule has 0 aromatic heterocycles. The van der Waals surface area contributed by atoms with Crippen LogP contribution < -0.4 is 5.30 Å². The van der Waals surface area contributed by atoms with Gasteiger partial charge in [-0.2, -0.15) is 0 Å². The van der Waals surface area contributed by atoms with Gasteiger partial charge in [0.2, 0.25) is 0 Å². The Kier molecular flexibility index (Phi) is 7.10. The molecule has 0 amide bonds. The Labute approximate surface area is 172 Å². The smallest absolute Gasteiger partial charge is 0.160 e. The molecule has 1 N–H and O–H groups in total. The van der Waals surface area contributed by atoms with Crippen LogP contribution in [0.4, 0.5) is 0 Å². The first-order valence-corrected chi connectivity index (χ1v) is 11.2. The van der Waals surface area contributed by atoms with Crippen LogP contribution in [0, 0.1) is 6.92 Å². The number of benzene rings is 2. The highest BCUT2D eigenvalue weighted by molar-refractivity contribution is 7.48. The second-order valence-corrected chi connectivity index (χ2v) is 11.0. The largest absolute Gasteiger partial charge is 0.507 e. The van der Waals surface area contributed by atoms with Crippen LogP contribution in [-0.2, 0) is 10.6 Å². The molecule has 152 valence electrons. The number of aromatic hydroxyl groups is 1. The summed E-state index contributed by atoms with van der Waals surface area (Å²) >= 11 is 0. The molecule has 0 aliphatic rings. The Morgan fingerprint density at radius 1 is 1.11 bits per heavy atom. The summed E-state index contributed by atoms with van der Waals surface area (Å²) in [5, 5.41) is 11.9. The van der Waals surface area contributed by atoms with Crippen molar-refractivity contribution in [1.29, 1.82) is 0 Å². The molecule has 2 atom stereocenters. The maximum Gasteiger partial charge on any atom is 0.160 e. The summed E-state index contributed by atoms with van der Waals surface area (Å²) in [6.45, 7) is 14.7. The molecule has 0 spiro atoms. The average molecular weight is 399 g/mol. The summed E-state index contributed by atoms with van der Waals surface area (Å²) in [7, 11) is 0.419. The number of aryl methyl sites for hydroxylation is 1. The number of carbonyl (C=O) groups excluding carboxylic acids is 1. The van der Waals surface area contributed by atoms with Crippen molar-refractivity contribution in [3.05, 3.63) is 58.7 Å². The third kappa shape index (κ3) is 5.03. The molecule has 0 saturated heterocycles. The van der Waals surface area contributed by atoms with Gasteiger partial charge in [0.25, 0.3) is 0 Å². The molecule has 3 heteroatoms. The molecular formula is C25H35O2P. The van der Waals surface area contributed by atoms with Crippen LogP contribution in [-0.4, -0.2) is 10.9 Å². The SMILES string of the molecule is CCCCC(C)(Pc1ccccc1C(C)=O)c1cc(C(C)(C)C)cc(C)c1O. The minimum atomic E-state index is -0.211. The molecule has 2 aromatic carbocycles. The Bertz CT molecular complexity index is 848. The monoisotopic (exact) mass is 398 g/mol. The van der Waals surface area contributed by atoms with Gasteiger partial charge in [0.1, 0.15) is 5.75 Å². The zero-order chi connectivity index (χ0) is 21.1. The number of ketones is 1. The van der Waals surface area contributed by atoms with Crippen LogP contribution >= 0.6 is 8.58 Å². The average Bonchev–Trinajstić information content (AvgIpc) is 2.61. The lowest BCUT2D eigenvalue weighted by Crippen LogP contribution is -2.23. The number of carbonyl (C=O) groups is 1. The Balaban J connectivity index is 2.63. The lowest BCUT2D eigenvalue weighted by Gasteiger charge is -2.34. The van der Waals surface area contributed by atoms with Gasteiger partial charge in [-0.25, -0.2) is 0 Å². The van der Waals surface area contributed by atoms with Crippen molar-refractivity contribution in [3.63, 3.8) is 0 Å². The first-order chi connectivity index (χ1) is 13.0. The van der Waals surface area contributed by atoms with E-state index >= 15 is 0 Å². The molecule has 0 heterocycles. The normalized spacial score (nSPS) is 14.4. The third-order valence-electron chi connectivity index (χ3n) is 5.51. The van der Waals surface area contributed by atoms with Crippen LogP contribution in [0.25, 0.3) is 0 Å². The van der Waals surface area contributed by atoms with Crippen molar-refractivity contribution < 1.29 is 9.90 Å². The van der Waals surface area contributed by atoms with Gasteiger partial charge < -0.3 is 5.11 Å². The number of phenolic OH excluding ortho intramolecular Hbond substituents is 1. The number of hydrogen-bond donors (Lipinski definition) is 1. The Morgan fingerprint density at radius 3 is 2.32 bits per heavy atom. The summed E-state index contributed by atoms with van der Waals surface area (Å²) in [6, 6.07) is 12.2. The molecule has 2 nitrogen and oxygen atoms in total. The molecule has 0 fully saturated rings. The fourth-order valence-electron chi connectivity index (χ4n) is 3.62. The van der Waals surface area contributed by atoms with E-state index in [1.54, 1.807) is 6.92 Å². The van der Waals surface area contributed by atoms with Gasteiger partial charge in [-0.1, -0.05) is 92.4 Å². The van der Waals surface area contributed by atoms with Gasteiger partial charge in [-0.05, 0) is 42.1 Å². The first kappa shape index (κ1) is 22.6. The maximum absolute atomic E-state index is 12.2. The van der Waals surface area contributed by atoms with Crippen molar-refractivity contribution in [3.8, 4) is 5.75 Å². The molecule has 0 bridgehead atoms. The van der Waals surface area contributed by atoms with Gasteiger partial charge in [0.05, 0.1) is 0 Å². The molecule has 2 rings (SSSR count). The predicted octanol–water partition coefficient (Wildman–Crippen LogP) is 6.61. The van der Waals surface area contributed by atoms with E-state index in [9.17, 15) is 9.90 Å². The highest BCUT2D eigenvalue weighted by Gasteiger charge is 2.32. The van der Waals surface area contributed by atoms with Crippen molar-refractivity contribution in [2.75, 3.05) is 0 Å². The highest BCUT2D eigenvalue weighted by Crippen LogP contribution is 2.50. The molecule has 0 radical (unpaired) electrons. The van der Waals surface area contributed by atoms with Crippen LogP contribution in [0.15, 0.2) is 36.4 Å². The fourth-order valence-corrected chi connectivity index (χ4v) is 5.42. The van der Waals surface area contributed by atoms with Crippen molar-refractivity contribution in [2.24, 2.45) is 0 Å². The lowest BCUT2D eigenvalue weighted by atomic mass is 9.82. The van der Waals surface area contributed by atoms with Gasteiger partial charge >= 0.3 is 0 Å². The van der Waals surface area contributed by atoms with Gasteiger partial charge in [0, 0.05) is 16.3 Å². The first-order valence-electron chi connectivity index (χ1n) is 10.2. The van der Waals surface area contributed by atoms with Gasteiger partial charge in [0.15, 0.2) is 5.78 Å². The second kappa shape index (κ2) is 8.78. The highest BCUT2D eigenvalue weighted by atomic mass is 31.1. The lowest BCUT2D eigenvalue weighted by molar-refractivity contribution is 0.101. The summed E-state index contributed by atoms with van der Waals surface area (Å²) in [5.41, 5.74) is 3.99. The van der Waals surface area contributed by atoms with E-state index in [1.165, 1.54) is 5.56 Å². The number of phenols is 1. The van der Waals surface area contributed by atoms with E-state index in [1.807, 2.05) is 25.1 Å². The number of rotatable bonds is 7. The summed E-state index contributed by atoms with van der Waals surface area (Å²) in [5.74, 6) is 0.504. The van der Waals surface area contributed by atoms with Crippen molar-refractivity contribution in [1.82, 2.24) is 0 Å². The standard InChI is InChI=1S/C25H35O2P/c1-8-9-14-25(7,28-22-13-11-10-12-20(22)18(3)26)21-16-19(24(4,5)6)15-17(2)23(21)27/h10-13,15-16,27-28H,8-9,14H2,1-7H3. The molecule has 0 aliphatic heterocycles. The van der Waals surface area contributed by atoms with Crippen LogP contribution in [0.1, 0.15) is 87.9 Å². The van der Waals surface area contributed by atoms with E-state index in [0.717, 1.165) is 41.3 Å².